The average Bonchev–Trinajstić information content (AvgIpc) is 2.78. The molecule has 1 aromatic heterocycles. The number of ether oxygens (including phenoxy) is 1. The highest BCUT2D eigenvalue weighted by molar-refractivity contribution is 5.65. The van der Waals surface area contributed by atoms with Crippen LogP contribution >= 0.6 is 0 Å². The number of alkyl halides is 3. The van der Waals surface area contributed by atoms with Crippen molar-refractivity contribution in [2.24, 2.45) is 0 Å². The van der Waals surface area contributed by atoms with E-state index in [0.717, 1.165) is 43.9 Å². The topological polar surface area (TPSA) is 59.1 Å². The lowest BCUT2D eigenvalue weighted by Crippen LogP contribution is -2.13. The van der Waals surface area contributed by atoms with Gasteiger partial charge in [0.05, 0.1) is 7.11 Å². The summed E-state index contributed by atoms with van der Waals surface area (Å²) in [4.78, 5) is 8.00. The number of nitrogens with zero attached hydrogens (tertiary/aromatic N) is 2. The van der Waals surface area contributed by atoms with Crippen LogP contribution in [0.4, 0.5) is 36.3 Å². The second-order valence-electron chi connectivity index (χ2n) is 7.40. The maximum Gasteiger partial charge on any atom is 0.421 e. The number of nitrogens with one attached hydrogen (secondary N) is 2. The van der Waals surface area contributed by atoms with E-state index in [2.05, 4.69) is 27.5 Å². The Bertz CT molecular complexity index is 1010. The highest BCUT2D eigenvalue weighted by atomic mass is 19.4. The first kappa shape index (κ1) is 23.4. The van der Waals surface area contributed by atoms with Crippen molar-refractivity contribution in [2.45, 2.75) is 45.2 Å². The molecule has 3 rings (SSSR count). The van der Waals surface area contributed by atoms with E-state index in [9.17, 15) is 13.2 Å². The third kappa shape index (κ3) is 6.35. The highest BCUT2D eigenvalue weighted by Crippen LogP contribution is 2.36. The van der Waals surface area contributed by atoms with E-state index in [1.54, 1.807) is 43.5 Å². The summed E-state index contributed by atoms with van der Waals surface area (Å²) < 4.78 is 46.0. The van der Waals surface area contributed by atoms with E-state index >= 15 is 0 Å². The van der Waals surface area contributed by atoms with Crippen LogP contribution in [0.1, 0.15) is 43.7 Å². The summed E-state index contributed by atoms with van der Waals surface area (Å²) in [5.41, 5.74) is 1.29. The zero-order chi connectivity index (χ0) is 23.0. The average molecular weight is 445 g/mol. The fraction of sp³-hybridized carbons (Fsp3) is 0.333. The van der Waals surface area contributed by atoms with Crippen LogP contribution in [0.25, 0.3) is 0 Å². The van der Waals surface area contributed by atoms with Gasteiger partial charge in [0.2, 0.25) is 5.95 Å². The molecule has 0 radical (unpaired) electrons. The van der Waals surface area contributed by atoms with Gasteiger partial charge in [0.1, 0.15) is 17.1 Å². The molecule has 0 saturated carbocycles. The van der Waals surface area contributed by atoms with Crippen LogP contribution in [0.3, 0.4) is 0 Å². The number of anilines is 4. The summed E-state index contributed by atoms with van der Waals surface area (Å²) >= 11 is 0. The molecule has 32 heavy (non-hydrogen) atoms. The van der Waals surface area contributed by atoms with Crippen LogP contribution in [0.5, 0.6) is 5.75 Å². The SMILES string of the molecule is CCCCCCc1ccccc1Nc1nc(Nc2ccc(OC)cc2)ncc1C(F)(F)F. The van der Waals surface area contributed by atoms with Gasteiger partial charge in [-0.05, 0) is 48.7 Å². The Morgan fingerprint density at radius 3 is 2.38 bits per heavy atom. The summed E-state index contributed by atoms with van der Waals surface area (Å²) in [5.74, 6) is 0.442. The second kappa shape index (κ2) is 10.8. The summed E-state index contributed by atoms with van der Waals surface area (Å²) in [6.45, 7) is 2.14. The van der Waals surface area contributed by atoms with Crippen LogP contribution in [0.15, 0.2) is 54.7 Å². The van der Waals surface area contributed by atoms with Gasteiger partial charge >= 0.3 is 6.18 Å². The quantitative estimate of drug-likeness (QED) is 0.326. The summed E-state index contributed by atoms with van der Waals surface area (Å²) in [6.07, 6.45) is 1.32. The van der Waals surface area contributed by atoms with E-state index in [-0.39, 0.29) is 11.8 Å². The van der Waals surface area contributed by atoms with Gasteiger partial charge in [-0.2, -0.15) is 18.2 Å². The number of hydrogen-bond donors (Lipinski definition) is 2. The molecule has 0 saturated heterocycles. The largest absolute Gasteiger partial charge is 0.497 e. The minimum Gasteiger partial charge on any atom is -0.497 e. The minimum absolute atomic E-state index is 0.0612. The Balaban J connectivity index is 1.86. The molecule has 0 fully saturated rings. The Kier molecular flexibility index (Phi) is 7.92. The molecule has 0 unspecified atom stereocenters. The van der Waals surface area contributed by atoms with Crippen LogP contribution < -0.4 is 15.4 Å². The van der Waals surface area contributed by atoms with Crippen LogP contribution in [-0.2, 0) is 12.6 Å². The van der Waals surface area contributed by atoms with Crippen molar-refractivity contribution < 1.29 is 17.9 Å². The Hall–Kier alpha value is -3.29. The lowest BCUT2D eigenvalue weighted by Gasteiger charge is -2.17. The van der Waals surface area contributed by atoms with Crippen molar-refractivity contribution in [3.8, 4) is 5.75 Å². The summed E-state index contributed by atoms with van der Waals surface area (Å²) in [5, 5.41) is 5.84. The summed E-state index contributed by atoms with van der Waals surface area (Å²) in [6, 6.07) is 14.3. The molecule has 5 nitrogen and oxygen atoms in total. The predicted octanol–water partition coefficient (Wildman–Crippen LogP) is 7.11. The molecular formula is C24H27F3N4O. The Labute approximate surface area is 186 Å². The maximum atomic E-state index is 13.6. The van der Waals surface area contributed by atoms with Gasteiger partial charge in [-0.25, -0.2) is 4.98 Å². The van der Waals surface area contributed by atoms with Crippen LogP contribution in [0.2, 0.25) is 0 Å². The number of methoxy groups -OCH3 is 1. The molecule has 3 aromatic rings. The Morgan fingerprint density at radius 1 is 0.938 bits per heavy atom. The fourth-order valence-electron chi connectivity index (χ4n) is 3.28. The zero-order valence-electron chi connectivity index (χ0n) is 18.2. The molecule has 2 N–H and O–H groups in total. The first-order valence-corrected chi connectivity index (χ1v) is 10.6. The molecule has 0 aliphatic heterocycles. The predicted molar refractivity (Wildman–Crippen MR) is 121 cm³/mol. The summed E-state index contributed by atoms with van der Waals surface area (Å²) in [7, 11) is 1.56. The fourth-order valence-corrected chi connectivity index (χ4v) is 3.28. The van der Waals surface area contributed by atoms with Gasteiger partial charge in [0, 0.05) is 17.6 Å². The van der Waals surface area contributed by atoms with Crippen molar-refractivity contribution in [3.63, 3.8) is 0 Å². The first-order valence-electron chi connectivity index (χ1n) is 10.6. The van der Waals surface area contributed by atoms with Gasteiger partial charge in [-0.1, -0.05) is 44.4 Å². The second-order valence-corrected chi connectivity index (χ2v) is 7.40. The zero-order valence-corrected chi connectivity index (χ0v) is 18.2. The number of aryl methyl sites for hydroxylation is 1. The number of para-hydroxylation sites is 1. The van der Waals surface area contributed by atoms with E-state index in [4.69, 9.17) is 4.74 Å². The lowest BCUT2D eigenvalue weighted by atomic mass is 10.0. The minimum atomic E-state index is -4.59. The van der Waals surface area contributed by atoms with Gasteiger partial charge in [0.25, 0.3) is 0 Å². The lowest BCUT2D eigenvalue weighted by molar-refractivity contribution is -0.137. The van der Waals surface area contributed by atoms with Crippen molar-refractivity contribution in [2.75, 3.05) is 17.7 Å². The number of benzene rings is 2. The molecular weight excluding hydrogens is 417 g/mol. The van der Waals surface area contributed by atoms with Gasteiger partial charge in [-0.15, -0.1) is 0 Å². The van der Waals surface area contributed by atoms with Gasteiger partial charge in [0.15, 0.2) is 0 Å². The van der Waals surface area contributed by atoms with Gasteiger partial charge < -0.3 is 15.4 Å². The number of aromatic nitrogens is 2. The monoisotopic (exact) mass is 444 g/mol. The molecule has 170 valence electrons. The molecule has 2 aromatic carbocycles. The standard InChI is InChI=1S/C24H27F3N4O/c1-3-4-5-6-9-17-10-7-8-11-21(17)30-22-20(24(25,26)27)16-28-23(31-22)29-18-12-14-19(32-2)15-13-18/h7-8,10-16H,3-6,9H2,1-2H3,(H2,28,29,30,31). The third-order valence-electron chi connectivity index (χ3n) is 5.01. The number of unbranched alkanes of at least 4 members (excludes halogenated alkanes) is 3. The Morgan fingerprint density at radius 2 is 1.69 bits per heavy atom. The van der Waals surface area contributed by atoms with Crippen LogP contribution in [0, 0.1) is 0 Å². The molecule has 1 heterocycles. The first-order chi connectivity index (χ1) is 15.4. The third-order valence-corrected chi connectivity index (χ3v) is 5.01. The number of hydrogen-bond acceptors (Lipinski definition) is 5. The highest BCUT2D eigenvalue weighted by Gasteiger charge is 2.35. The molecule has 0 aliphatic rings. The molecule has 0 amide bonds. The number of halogens is 3. The normalized spacial score (nSPS) is 11.3. The number of rotatable bonds is 10. The molecule has 0 aliphatic carbocycles. The smallest absolute Gasteiger partial charge is 0.421 e. The van der Waals surface area contributed by atoms with E-state index in [1.165, 1.54) is 0 Å². The maximum absolute atomic E-state index is 13.6. The van der Waals surface area contributed by atoms with Crippen LogP contribution in [-0.4, -0.2) is 17.1 Å². The van der Waals surface area contributed by atoms with Crippen molar-refractivity contribution in [1.29, 1.82) is 0 Å². The van der Waals surface area contributed by atoms with Crippen molar-refractivity contribution in [1.82, 2.24) is 9.97 Å². The molecule has 8 heteroatoms. The molecule has 0 bridgehead atoms. The molecule has 0 spiro atoms. The van der Waals surface area contributed by atoms with Crippen molar-refractivity contribution >= 4 is 23.1 Å². The molecule has 0 atom stereocenters. The van der Waals surface area contributed by atoms with Crippen molar-refractivity contribution in [3.05, 3.63) is 65.9 Å². The van der Waals surface area contributed by atoms with E-state index in [1.807, 2.05) is 12.1 Å². The van der Waals surface area contributed by atoms with E-state index < -0.39 is 11.7 Å². The van der Waals surface area contributed by atoms with Gasteiger partial charge in [-0.3, -0.25) is 0 Å². The van der Waals surface area contributed by atoms with E-state index in [0.29, 0.717) is 17.1 Å².